The SMILES string of the molecule is COC(=O)C1CCN(Cc2cc(Br)ccc2F)CC1. The Labute approximate surface area is 120 Å². The van der Waals surface area contributed by atoms with Gasteiger partial charge in [0.2, 0.25) is 0 Å². The Morgan fingerprint density at radius 2 is 2.16 bits per heavy atom. The van der Waals surface area contributed by atoms with Gasteiger partial charge in [0, 0.05) is 16.6 Å². The monoisotopic (exact) mass is 329 g/mol. The molecular formula is C14H17BrFNO2. The van der Waals surface area contributed by atoms with E-state index in [1.165, 1.54) is 13.2 Å². The van der Waals surface area contributed by atoms with E-state index in [1.54, 1.807) is 6.07 Å². The lowest BCUT2D eigenvalue weighted by Gasteiger charge is -2.30. The Balaban J connectivity index is 1.92. The Kier molecular flexibility index (Phi) is 4.93. The van der Waals surface area contributed by atoms with Crippen LogP contribution in [0.15, 0.2) is 22.7 Å². The number of halogens is 2. The van der Waals surface area contributed by atoms with Crippen LogP contribution >= 0.6 is 15.9 Å². The number of carbonyl (C=O) groups is 1. The van der Waals surface area contributed by atoms with Gasteiger partial charge in [0.15, 0.2) is 0 Å². The Bertz CT molecular complexity index is 459. The molecule has 1 fully saturated rings. The summed E-state index contributed by atoms with van der Waals surface area (Å²) in [4.78, 5) is 13.6. The minimum absolute atomic E-state index is 0.00592. The maximum absolute atomic E-state index is 13.7. The zero-order valence-corrected chi connectivity index (χ0v) is 12.5. The van der Waals surface area contributed by atoms with Gasteiger partial charge in [-0.05, 0) is 44.1 Å². The molecule has 0 unspecified atom stereocenters. The smallest absolute Gasteiger partial charge is 0.308 e. The average Bonchev–Trinajstić information content (AvgIpc) is 2.43. The summed E-state index contributed by atoms with van der Waals surface area (Å²) in [6.07, 6.45) is 1.56. The van der Waals surface area contributed by atoms with E-state index in [4.69, 9.17) is 4.74 Å². The van der Waals surface area contributed by atoms with Crippen molar-refractivity contribution in [3.05, 3.63) is 34.1 Å². The van der Waals surface area contributed by atoms with Crippen LogP contribution < -0.4 is 0 Å². The molecule has 0 atom stereocenters. The van der Waals surface area contributed by atoms with E-state index in [1.807, 2.05) is 6.07 Å². The zero-order chi connectivity index (χ0) is 13.8. The van der Waals surface area contributed by atoms with E-state index >= 15 is 0 Å². The molecule has 0 radical (unpaired) electrons. The van der Waals surface area contributed by atoms with Crippen molar-refractivity contribution in [2.24, 2.45) is 5.92 Å². The first-order valence-corrected chi connectivity index (χ1v) is 7.13. The van der Waals surface area contributed by atoms with Crippen molar-refractivity contribution in [3.63, 3.8) is 0 Å². The molecule has 0 aromatic heterocycles. The molecule has 0 spiro atoms. The molecule has 19 heavy (non-hydrogen) atoms. The largest absolute Gasteiger partial charge is 0.469 e. The van der Waals surface area contributed by atoms with Crippen molar-refractivity contribution in [3.8, 4) is 0 Å². The van der Waals surface area contributed by atoms with Gasteiger partial charge in [-0.25, -0.2) is 4.39 Å². The Hall–Kier alpha value is -0.940. The summed E-state index contributed by atoms with van der Waals surface area (Å²) in [6.45, 7) is 2.18. The predicted octanol–water partition coefficient (Wildman–Crippen LogP) is 2.97. The molecule has 0 amide bonds. The summed E-state index contributed by atoms with van der Waals surface area (Å²) in [5.74, 6) is -0.319. The van der Waals surface area contributed by atoms with Crippen molar-refractivity contribution < 1.29 is 13.9 Å². The lowest BCUT2D eigenvalue weighted by molar-refractivity contribution is -0.147. The van der Waals surface area contributed by atoms with Crippen molar-refractivity contribution in [2.45, 2.75) is 19.4 Å². The molecule has 104 valence electrons. The third kappa shape index (κ3) is 3.76. The van der Waals surface area contributed by atoms with E-state index < -0.39 is 0 Å². The molecule has 1 aromatic carbocycles. The van der Waals surface area contributed by atoms with Gasteiger partial charge in [0.25, 0.3) is 0 Å². The molecular weight excluding hydrogens is 313 g/mol. The number of nitrogens with zero attached hydrogens (tertiary/aromatic N) is 1. The fourth-order valence-electron chi connectivity index (χ4n) is 2.40. The molecule has 3 nitrogen and oxygen atoms in total. The van der Waals surface area contributed by atoms with Crippen LogP contribution in [-0.2, 0) is 16.1 Å². The molecule has 1 saturated heterocycles. The third-order valence-electron chi connectivity index (χ3n) is 3.52. The van der Waals surface area contributed by atoms with E-state index in [0.717, 1.165) is 30.4 Å². The number of carbonyl (C=O) groups excluding carboxylic acids is 1. The minimum Gasteiger partial charge on any atom is -0.469 e. The van der Waals surface area contributed by atoms with Crippen molar-refractivity contribution >= 4 is 21.9 Å². The van der Waals surface area contributed by atoms with Gasteiger partial charge in [-0.1, -0.05) is 15.9 Å². The van der Waals surface area contributed by atoms with Crippen LogP contribution in [0.25, 0.3) is 0 Å². The molecule has 0 saturated carbocycles. The van der Waals surface area contributed by atoms with Crippen molar-refractivity contribution in [1.29, 1.82) is 0 Å². The first kappa shape index (κ1) is 14.5. The second-order valence-electron chi connectivity index (χ2n) is 4.81. The topological polar surface area (TPSA) is 29.5 Å². The van der Waals surface area contributed by atoms with Gasteiger partial charge in [-0.2, -0.15) is 0 Å². The summed E-state index contributed by atoms with van der Waals surface area (Å²) in [7, 11) is 1.42. The summed E-state index contributed by atoms with van der Waals surface area (Å²) in [5.41, 5.74) is 0.686. The van der Waals surface area contributed by atoms with Gasteiger partial charge in [0.1, 0.15) is 5.82 Å². The molecule has 1 aliphatic rings. The number of hydrogen-bond acceptors (Lipinski definition) is 3. The lowest BCUT2D eigenvalue weighted by Crippen LogP contribution is -2.36. The number of esters is 1. The molecule has 2 rings (SSSR count). The number of ether oxygens (including phenoxy) is 1. The van der Waals surface area contributed by atoms with Crippen molar-refractivity contribution in [1.82, 2.24) is 4.90 Å². The highest BCUT2D eigenvalue weighted by Gasteiger charge is 2.25. The predicted molar refractivity (Wildman–Crippen MR) is 74.1 cm³/mol. The van der Waals surface area contributed by atoms with Crippen LogP contribution in [0.1, 0.15) is 18.4 Å². The fraction of sp³-hybridized carbons (Fsp3) is 0.500. The molecule has 0 aliphatic carbocycles. The summed E-state index contributed by atoms with van der Waals surface area (Å²) < 4.78 is 19.3. The summed E-state index contributed by atoms with van der Waals surface area (Å²) in [6, 6.07) is 4.98. The van der Waals surface area contributed by atoms with E-state index in [-0.39, 0.29) is 17.7 Å². The van der Waals surface area contributed by atoms with Crippen LogP contribution in [-0.4, -0.2) is 31.1 Å². The maximum atomic E-state index is 13.7. The van der Waals surface area contributed by atoms with Crippen molar-refractivity contribution in [2.75, 3.05) is 20.2 Å². The fourth-order valence-corrected chi connectivity index (χ4v) is 2.81. The zero-order valence-electron chi connectivity index (χ0n) is 10.9. The molecule has 1 heterocycles. The van der Waals surface area contributed by atoms with Crippen LogP contribution in [0.5, 0.6) is 0 Å². The third-order valence-corrected chi connectivity index (χ3v) is 4.02. The Morgan fingerprint density at radius 1 is 1.47 bits per heavy atom. The quantitative estimate of drug-likeness (QED) is 0.798. The van der Waals surface area contributed by atoms with E-state index in [0.29, 0.717) is 12.1 Å². The number of rotatable bonds is 3. The molecule has 0 bridgehead atoms. The molecule has 1 aliphatic heterocycles. The first-order chi connectivity index (χ1) is 9.10. The number of piperidine rings is 1. The van der Waals surface area contributed by atoms with Crippen LogP contribution in [0, 0.1) is 11.7 Å². The molecule has 1 aromatic rings. The highest BCUT2D eigenvalue weighted by Crippen LogP contribution is 2.22. The van der Waals surface area contributed by atoms with Gasteiger partial charge in [-0.3, -0.25) is 9.69 Å². The second kappa shape index (κ2) is 6.48. The lowest BCUT2D eigenvalue weighted by atomic mass is 9.96. The summed E-state index contributed by atoms with van der Waals surface area (Å²) in [5, 5.41) is 0. The first-order valence-electron chi connectivity index (χ1n) is 6.34. The van der Waals surface area contributed by atoms with Gasteiger partial charge in [0.05, 0.1) is 13.0 Å². The molecule has 0 N–H and O–H groups in total. The normalized spacial score (nSPS) is 17.4. The van der Waals surface area contributed by atoms with Crippen LogP contribution in [0.3, 0.4) is 0 Å². The van der Waals surface area contributed by atoms with Gasteiger partial charge < -0.3 is 4.74 Å². The average molecular weight is 330 g/mol. The summed E-state index contributed by atoms with van der Waals surface area (Å²) >= 11 is 3.35. The minimum atomic E-state index is -0.182. The number of hydrogen-bond donors (Lipinski definition) is 0. The number of benzene rings is 1. The molecule has 5 heteroatoms. The number of likely N-dealkylation sites (tertiary alicyclic amines) is 1. The van der Waals surface area contributed by atoms with Gasteiger partial charge in [-0.15, -0.1) is 0 Å². The highest BCUT2D eigenvalue weighted by molar-refractivity contribution is 9.10. The highest BCUT2D eigenvalue weighted by atomic mass is 79.9. The van der Waals surface area contributed by atoms with Crippen LogP contribution in [0.4, 0.5) is 4.39 Å². The Morgan fingerprint density at radius 3 is 2.79 bits per heavy atom. The number of methoxy groups -OCH3 is 1. The van der Waals surface area contributed by atoms with Gasteiger partial charge >= 0.3 is 5.97 Å². The second-order valence-corrected chi connectivity index (χ2v) is 5.72. The van der Waals surface area contributed by atoms with Crippen LogP contribution in [0.2, 0.25) is 0 Å². The van der Waals surface area contributed by atoms with E-state index in [2.05, 4.69) is 20.8 Å². The standard InChI is InChI=1S/C14H17BrFNO2/c1-19-14(18)10-4-6-17(7-5-10)9-11-8-12(15)2-3-13(11)16/h2-3,8,10H,4-7,9H2,1H3. The maximum Gasteiger partial charge on any atom is 0.308 e. The van der Waals surface area contributed by atoms with E-state index in [9.17, 15) is 9.18 Å².